The van der Waals surface area contributed by atoms with Gasteiger partial charge in [0.1, 0.15) is 0 Å². The summed E-state index contributed by atoms with van der Waals surface area (Å²) in [6.07, 6.45) is 1.82. The molecule has 0 bridgehead atoms. The van der Waals surface area contributed by atoms with E-state index in [9.17, 15) is 4.79 Å². The number of nitrogens with zero attached hydrogens (tertiary/aromatic N) is 4. The van der Waals surface area contributed by atoms with Crippen LogP contribution in [0.2, 0.25) is 0 Å². The lowest BCUT2D eigenvalue weighted by atomic mass is 10.1. The van der Waals surface area contributed by atoms with Gasteiger partial charge in [-0.15, -0.1) is 0 Å². The predicted octanol–water partition coefficient (Wildman–Crippen LogP) is 1.66. The van der Waals surface area contributed by atoms with Crippen LogP contribution in [0.5, 0.6) is 0 Å². The lowest BCUT2D eigenvalue weighted by Crippen LogP contribution is -2.38. The third kappa shape index (κ3) is 3.16. The third-order valence-electron chi connectivity index (χ3n) is 3.84. The monoisotopic (exact) mass is 304 g/mol. The van der Waals surface area contributed by atoms with Crippen molar-refractivity contribution in [1.29, 1.82) is 0 Å². The molecule has 112 valence electrons. The summed E-state index contributed by atoms with van der Waals surface area (Å²) in [6, 6.07) is 4.19. The van der Waals surface area contributed by atoms with Crippen LogP contribution in [0.15, 0.2) is 29.1 Å². The standard InChI is InChI=1S/C15H20N4OS/c1-17(2)15(20)13-8-18(7-12-4-6-21-11-12)10-14-3-5-16-19(14)9-13/h3-6,11,13H,7-10H2,1-2H3/t13-/m1/s1. The molecule has 3 rings (SSSR count). The highest BCUT2D eigenvalue weighted by molar-refractivity contribution is 7.07. The average molecular weight is 304 g/mol. The van der Waals surface area contributed by atoms with E-state index in [0.29, 0.717) is 6.54 Å². The molecule has 0 fully saturated rings. The number of carbonyl (C=O) groups excluding carboxylic acids is 1. The van der Waals surface area contributed by atoms with E-state index in [0.717, 1.165) is 19.6 Å². The fraction of sp³-hybridized carbons (Fsp3) is 0.467. The van der Waals surface area contributed by atoms with Crippen molar-refractivity contribution < 1.29 is 4.79 Å². The molecule has 3 heterocycles. The van der Waals surface area contributed by atoms with Crippen molar-refractivity contribution in [3.63, 3.8) is 0 Å². The molecule has 6 heteroatoms. The molecule has 1 aliphatic rings. The van der Waals surface area contributed by atoms with Crippen LogP contribution < -0.4 is 0 Å². The minimum Gasteiger partial charge on any atom is -0.348 e. The number of hydrogen-bond acceptors (Lipinski definition) is 4. The van der Waals surface area contributed by atoms with Crippen LogP contribution in [0.3, 0.4) is 0 Å². The van der Waals surface area contributed by atoms with E-state index < -0.39 is 0 Å². The van der Waals surface area contributed by atoms with Gasteiger partial charge in [0.05, 0.1) is 18.2 Å². The summed E-state index contributed by atoms with van der Waals surface area (Å²) >= 11 is 1.71. The van der Waals surface area contributed by atoms with Crippen molar-refractivity contribution in [2.75, 3.05) is 20.6 Å². The van der Waals surface area contributed by atoms with Gasteiger partial charge in [0, 0.05) is 39.9 Å². The molecule has 0 aliphatic carbocycles. The van der Waals surface area contributed by atoms with Gasteiger partial charge in [-0.05, 0) is 28.5 Å². The number of aromatic nitrogens is 2. The smallest absolute Gasteiger partial charge is 0.228 e. The van der Waals surface area contributed by atoms with Gasteiger partial charge >= 0.3 is 0 Å². The first kappa shape index (κ1) is 14.3. The van der Waals surface area contributed by atoms with Gasteiger partial charge in [-0.3, -0.25) is 14.4 Å². The van der Waals surface area contributed by atoms with Crippen molar-refractivity contribution in [2.45, 2.75) is 19.6 Å². The van der Waals surface area contributed by atoms with Crippen LogP contribution in [0, 0.1) is 5.92 Å². The zero-order valence-electron chi connectivity index (χ0n) is 12.4. The lowest BCUT2D eigenvalue weighted by molar-refractivity contribution is -0.134. The quantitative estimate of drug-likeness (QED) is 0.866. The fourth-order valence-electron chi connectivity index (χ4n) is 2.81. The van der Waals surface area contributed by atoms with Crippen molar-refractivity contribution in [3.05, 3.63) is 40.3 Å². The third-order valence-corrected chi connectivity index (χ3v) is 4.57. The van der Waals surface area contributed by atoms with Crippen molar-refractivity contribution in [2.24, 2.45) is 5.92 Å². The second kappa shape index (κ2) is 5.99. The molecule has 1 aliphatic heterocycles. The maximum Gasteiger partial charge on any atom is 0.228 e. The van der Waals surface area contributed by atoms with Crippen molar-refractivity contribution in [3.8, 4) is 0 Å². The molecule has 5 nitrogen and oxygen atoms in total. The second-order valence-corrected chi connectivity index (χ2v) is 6.52. The van der Waals surface area contributed by atoms with E-state index in [1.165, 1.54) is 11.3 Å². The Morgan fingerprint density at radius 1 is 1.43 bits per heavy atom. The maximum absolute atomic E-state index is 12.4. The highest BCUT2D eigenvalue weighted by Gasteiger charge is 2.28. The number of carbonyl (C=O) groups is 1. The summed E-state index contributed by atoms with van der Waals surface area (Å²) in [5, 5.41) is 8.63. The zero-order chi connectivity index (χ0) is 14.8. The van der Waals surface area contributed by atoms with Crippen LogP contribution in [0.1, 0.15) is 11.3 Å². The summed E-state index contributed by atoms with van der Waals surface area (Å²) in [7, 11) is 3.64. The van der Waals surface area contributed by atoms with Gasteiger partial charge in [0.15, 0.2) is 0 Å². The van der Waals surface area contributed by atoms with Gasteiger partial charge < -0.3 is 4.90 Å². The molecule has 2 aromatic rings. The Morgan fingerprint density at radius 3 is 3.00 bits per heavy atom. The number of amides is 1. The number of hydrogen-bond donors (Lipinski definition) is 0. The molecular weight excluding hydrogens is 284 g/mol. The SMILES string of the molecule is CN(C)C(=O)[C@@H]1CN(Cc2ccsc2)Cc2ccnn2C1. The van der Waals surface area contributed by atoms with E-state index >= 15 is 0 Å². The highest BCUT2D eigenvalue weighted by Crippen LogP contribution is 2.20. The Balaban J connectivity index is 1.82. The molecule has 0 N–H and O–H groups in total. The van der Waals surface area contributed by atoms with E-state index in [1.807, 2.05) is 31.0 Å². The molecule has 0 saturated carbocycles. The number of fused-ring (bicyclic) bond motifs is 1. The Bertz CT molecular complexity index is 605. The second-order valence-electron chi connectivity index (χ2n) is 5.74. The molecule has 1 amide bonds. The molecule has 0 unspecified atom stereocenters. The Labute approximate surface area is 128 Å². The minimum absolute atomic E-state index is 0.0419. The normalized spacial score (nSPS) is 19.0. The fourth-order valence-corrected chi connectivity index (χ4v) is 3.47. The largest absolute Gasteiger partial charge is 0.348 e. The molecule has 21 heavy (non-hydrogen) atoms. The average Bonchev–Trinajstić information content (AvgIpc) is 3.07. The summed E-state index contributed by atoms with van der Waals surface area (Å²) in [4.78, 5) is 16.4. The summed E-state index contributed by atoms with van der Waals surface area (Å²) in [5.41, 5.74) is 2.49. The maximum atomic E-state index is 12.4. The molecule has 0 spiro atoms. The van der Waals surface area contributed by atoms with Crippen LogP contribution in [-0.4, -0.2) is 46.1 Å². The van der Waals surface area contributed by atoms with Crippen LogP contribution in [0.4, 0.5) is 0 Å². The Hall–Kier alpha value is -1.66. The van der Waals surface area contributed by atoms with Crippen LogP contribution in [-0.2, 0) is 24.4 Å². The topological polar surface area (TPSA) is 41.4 Å². The minimum atomic E-state index is -0.0419. The van der Waals surface area contributed by atoms with Crippen molar-refractivity contribution >= 4 is 17.2 Å². The van der Waals surface area contributed by atoms with Gasteiger partial charge in [-0.2, -0.15) is 16.4 Å². The zero-order valence-corrected chi connectivity index (χ0v) is 13.2. The first-order valence-corrected chi connectivity index (χ1v) is 8.03. The van der Waals surface area contributed by atoms with E-state index in [2.05, 4.69) is 26.8 Å². The molecule has 0 aromatic carbocycles. The molecule has 1 atom stereocenters. The highest BCUT2D eigenvalue weighted by atomic mass is 32.1. The first-order valence-electron chi connectivity index (χ1n) is 7.09. The number of thiophene rings is 1. The van der Waals surface area contributed by atoms with Gasteiger partial charge in [0.2, 0.25) is 5.91 Å². The molecule has 0 radical (unpaired) electrons. The van der Waals surface area contributed by atoms with Crippen LogP contribution >= 0.6 is 11.3 Å². The summed E-state index contributed by atoms with van der Waals surface area (Å²) in [5.74, 6) is 0.133. The van der Waals surface area contributed by atoms with Crippen molar-refractivity contribution in [1.82, 2.24) is 19.6 Å². The van der Waals surface area contributed by atoms with E-state index in [1.54, 1.807) is 16.2 Å². The molecule has 0 saturated heterocycles. The first-order chi connectivity index (χ1) is 10.1. The molecular formula is C15H20N4OS. The molecule has 2 aromatic heterocycles. The predicted molar refractivity (Wildman–Crippen MR) is 82.8 cm³/mol. The Kier molecular flexibility index (Phi) is 4.07. The van der Waals surface area contributed by atoms with Crippen LogP contribution in [0.25, 0.3) is 0 Å². The van der Waals surface area contributed by atoms with E-state index in [-0.39, 0.29) is 11.8 Å². The summed E-state index contributed by atoms with van der Waals surface area (Å²) < 4.78 is 1.97. The summed E-state index contributed by atoms with van der Waals surface area (Å²) in [6.45, 7) is 3.16. The lowest BCUT2D eigenvalue weighted by Gasteiger charge is -2.24. The van der Waals surface area contributed by atoms with E-state index in [4.69, 9.17) is 0 Å². The van der Waals surface area contributed by atoms with Gasteiger partial charge in [0.25, 0.3) is 0 Å². The Morgan fingerprint density at radius 2 is 2.29 bits per heavy atom. The van der Waals surface area contributed by atoms with Gasteiger partial charge in [-0.1, -0.05) is 0 Å². The van der Waals surface area contributed by atoms with Gasteiger partial charge in [-0.25, -0.2) is 0 Å². The number of rotatable bonds is 3.